The summed E-state index contributed by atoms with van der Waals surface area (Å²) in [5.74, 6) is 0. The zero-order valence-corrected chi connectivity index (χ0v) is 23.8. The van der Waals surface area contributed by atoms with Gasteiger partial charge in [0.1, 0.15) is 0 Å². The van der Waals surface area contributed by atoms with Crippen LogP contribution in [-0.2, 0) is 0 Å². The highest BCUT2D eigenvalue weighted by molar-refractivity contribution is 6.10. The van der Waals surface area contributed by atoms with Gasteiger partial charge in [-0.25, -0.2) is 15.0 Å². The van der Waals surface area contributed by atoms with Crippen molar-refractivity contribution < 1.29 is 0 Å². The lowest BCUT2D eigenvalue weighted by Crippen LogP contribution is -1.92. The minimum Gasteiger partial charge on any atom is -0.248 e. The van der Waals surface area contributed by atoms with Crippen LogP contribution in [0.4, 0.5) is 0 Å². The summed E-state index contributed by atoms with van der Waals surface area (Å²) in [7, 11) is 0. The molecule has 3 heterocycles. The van der Waals surface area contributed by atoms with E-state index in [4.69, 9.17) is 15.0 Å². The molecule has 0 unspecified atom stereocenters. The first-order valence-corrected chi connectivity index (χ1v) is 14.9. The molecule has 44 heavy (non-hydrogen) atoms. The third-order valence-electron chi connectivity index (χ3n) is 8.64. The van der Waals surface area contributed by atoms with Crippen LogP contribution in [0.25, 0.3) is 88.0 Å². The van der Waals surface area contributed by atoms with Gasteiger partial charge in [0.25, 0.3) is 0 Å². The maximum Gasteiger partial charge on any atom is 0.0972 e. The molecule has 3 heteroatoms. The molecule has 0 amide bonds. The number of para-hydroxylation sites is 2. The molecule has 0 spiro atoms. The van der Waals surface area contributed by atoms with Crippen LogP contribution in [-0.4, -0.2) is 15.0 Å². The minimum absolute atomic E-state index is 0.914. The van der Waals surface area contributed by atoms with Crippen LogP contribution >= 0.6 is 0 Å². The van der Waals surface area contributed by atoms with E-state index in [0.29, 0.717) is 0 Å². The summed E-state index contributed by atoms with van der Waals surface area (Å²) in [5.41, 5.74) is 10.3. The maximum atomic E-state index is 5.20. The van der Waals surface area contributed by atoms with Crippen LogP contribution in [0.3, 0.4) is 0 Å². The Hall–Kier alpha value is -5.93. The highest BCUT2D eigenvalue weighted by Gasteiger charge is 2.13. The molecule has 0 fully saturated rings. The molecule has 0 N–H and O–H groups in total. The molecule has 204 valence electrons. The molecule has 0 aliphatic rings. The number of benzene rings is 6. The van der Waals surface area contributed by atoms with E-state index in [1.807, 2.05) is 12.1 Å². The highest BCUT2D eigenvalue weighted by atomic mass is 14.8. The first-order valence-electron chi connectivity index (χ1n) is 14.9. The van der Waals surface area contributed by atoms with E-state index in [1.54, 1.807) is 0 Å². The first kappa shape index (κ1) is 24.6. The smallest absolute Gasteiger partial charge is 0.0972 e. The number of aromatic nitrogens is 3. The largest absolute Gasteiger partial charge is 0.248 e. The number of pyridine rings is 3. The Morgan fingerprint density at radius 2 is 0.841 bits per heavy atom. The normalized spacial score (nSPS) is 11.6. The SMILES string of the molecule is c1ccc2c(-c3ccc4ccc5ccc(-c6ccc(-c7c8ccccc8nc8ccccc78)cc6)nc5c4n3)cccc2c1. The standard InChI is InChI=1S/C41H25N3/c1-2-10-31-26(8-1)9-7-13-32(31)38-25-23-30-21-20-29-22-24-35(43-40(29)41(30)44-38)27-16-18-28(19-17-27)39-33-11-3-5-14-36(33)42-37-15-6-4-12-34(37)39/h1-25H. The van der Waals surface area contributed by atoms with Crippen LogP contribution in [0.15, 0.2) is 152 Å². The van der Waals surface area contributed by atoms with E-state index in [1.165, 1.54) is 16.3 Å². The van der Waals surface area contributed by atoms with Gasteiger partial charge in [-0.1, -0.05) is 127 Å². The molecule has 6 aromatic carbocycles. The Bertz CT molecular complexity index is 2490. The van der Waals surface area contributed by atoms with Gasteiger partial charge in [-0.05, 0) is 40.6 Å². The van der Waals surface area contributed by atoms with Crippen molar-refractivity contribution in [1.82, 2.24) is 15.0 Å². The van der Waals surface area contributed by atoms with E-state index in [9.17, 15) is 0 Å². The Balaban J connectivity index is 1.17. The average Bonchev–Trinajstić information content (AvgIpc) is 3.10. The predicted octanol–water partition coefficient (Wildman–Crippen LogP) is 10.6. The van der Waals surface area contributed by atoms with Gasteiger partial charge < -0.3 is 0 Å². The molecule has 0 aliphatic heterocycles. The molecule has 0 aliphatic carbocycles. The van der Waals surface area contributed by atoms with Crippen molar-refractivity contribution in [1.29, 1.82) is 0 Å². The number of hydrogen-bond acceptors (Lipinski definition) is 3. The molecular formula is C41H25N3. The number of hydrogen-bond donors (Lipinski definition) is 0. The summed E-state index contributed by atoms with van der Waals surface area (Å²) in [5, 5.41) is 6.88. The van der Waals surface area contributed by atoms with Crippen molar-refractivity contribution in [2.45, 2.75) is 0 Å². The maximum absolute atomic E-state index is 5.20. The predicted molar refractivity (Wildman–Crippen MR) is 184 cm³/mol. The molecule has 0 saturated carbocycles. The van der Waals surface area contributed by atoms with Gasteiger partial charge in [0, 0.05) is 38.2 Å². The zero-order chi connectivity index (χ0) is 29.0. The first-order chi connectivity index (χ1) is 21.8. The second kappa shape index (κ2) is 9.82. The Morgan fingerprint density at radius 1 is 0.318 bits per heavy atom. The molecular weight excluding hydrogens is 534 g/mol. The lowest BCUT2D eigenvalue weighted by Gasteiger charge is -2.12. The van der Waals surface area contributed by atoms with Crippen LogP contribution in [0.1, 0.15) is 0 Å². The van der Waals surface area contributed by atoms with E-state index >= 15 is 0 Å². The quantitative estimate of drug-likeness (QED) is 0.160. The molecule has 0 atom stereocenters. The molecule has 9 rings (SSSR count). The third kappa shape index (κ3) is 3.94. The fourth-order valence-corrected chi connectivity index (χ4v) is 6.49. The van der Waals surface area contributed by atoms with E-state index < -0.39 is 0 Å². The van der Waals surface area contributed by atoms with Crippen molar-refractivity contribution in [2.75, 3.05) is 0 Å². The van der Waals surface area contributed by atoms with Crippen molar-refractivity contribution in [3.8, 4) is 33.6 Å². The van der Waals surface area contributed by atoms with Crippen LogP contribution in [0.5, 0.6) is 0 Å². The van der Waals surface area contributed by atoms with E-state index in [-0.39, 0.29) is 0 Å². The highest BCUT2D eigenvalue weighted by Crippen LogP contribution is 2.36. The second-order valence-electron chi connectivity index (χ2n) is 11.2. The van der Waals surface area contributed by atoms with Gasteiger partial charge in [0.2, 0.25) is 0 Å². The summed E-state index contributed by atoms with van der Waals surface area (Å²) in [6, 6.07) is 53.2. The molecule has 0 saturated heterocycles. The summed E-state index contributed by atoms with van der Waals surface area (Å²) in [6.07, 6.45) is 0. The molecule has 0 bridgehead atoms. The minimum atomic E-state index is 0.914. The number of rotatable bonds is 3. The van der Waals surface area contributed by atoms with Crippen molar-refractivity contribution in [2.24, 2.45) is 0 Å². The second-order valence-corrected chi connectivity index (χ2v) is 11.2. The summed E-state index contributed by atoms with van der Waals surface area (Å²) < 4.78 is 0. The molecule has 0 radical (unpaired) electrons. The van der Waals surface area contributed by atoms with Gasteiger partial charge in [-0.2, -0.15) is 0 Å². The number of nitrogens with zero attached hydrogens (tertiary/aromatic N) is 3. The van der Waals surface area contributed by atoms with Crippen molar-refractivity contribution >= 4 is 54.4 Å². The van der Waals surface area contributed by atoms with Gasteiger partial charge in [0.05, 0.1) is 33.5 Å². The third-order valence-corrected chi connectivity index (χ3v) is 8.64. The lowest BCUT2D eigenvalue weighted by molar-refractivity contribution is 1.37. The Morgan fingerprint density at radius 3 is 1.55 bits per heavy atom. The molecule has 9 aromatic rings. The fraction of sp³-hybridized carbons (Fsp3) is 0. The van der Waals surface area contributed by atoms with Gasteiger partial charge in [0.15, 0.2) is 0 Å². The topological polar surface area (TPSA) is 38.7 Å². The summed E-state index contributed by atoms with van der Waals surface area (Å²) in [4.78, 5) is 15.3. The fourth-order valence-electron chi connectivity index (χ4n) is 6.49. The summed E-state index contributed by atoms with van der Waals surface area (Å²) >= 11 is 0. The molecule has 3 nitrogen and oxygen atoms in total. The van der Waals surface area contributed by atoms with Crippen LogP contribution < -0.4 is 0 Å². The van der Waals surface area contributed by atoms with Gasteiger partial charge in [-0.15, -0.1) is 0 Å². The molecule has 3 aromatic heterocycles. The van der Waals surface area contributed by atoms with Gasteiger partial charge in [-0.3, -0.25) is 0 Å². The summed E-state index contributed by atoms with van der Waals surface area (Å²) in [6.45, 7) is 0. The van der Waals surface area contributed by atoms with E-state index in [0.717, 1.165) is 71.7 Å². The zero-order valence-electron chi connectivity index (χ0n) is 23.8. The van der Waals surface area contributed by atoms with E-state index in [2.05, 4.69) is 140 Å². The van der Waals surface area contributed by atoms with Crippen molar-refractivity contribution in [3.05, 3.63) is 152 Å². The monoisotopic (exact) mass is 559 g/mol. The van der Waals surface area contributed by atoms with Crippen molar-refractivity contribution in [3.63, 3.8) is 0 Å². The van der Waals surface area contributed by atoms with Crippen LogP contribution in [0.2, 0.25) is 0 Å². The lowest BCUT2D eigenvalue weighted by atomic mass is 9.95. The average molecular weight is 560 g/mol. The van der Waals surface area contributed by atoms with Gasteiger partial charge >= 0.3 is 0 Å². The Labute approximate surface area is 254 Å². The van der Waals surface area contributed by atoms with Crippen LogP contribution in [0, 0.1) is 0 Å². The Kier molecular flexibility index (Phi) is 5.50. The number of fused-ring (bicyclic) bond motifs is 6.